The number of carbonyl (C=O) groups excluding carboxylic acids is 2. The molecule has 0 aliphatic carbocycles. The molecule has 3 aromatic rings. The maximum atomic E-state index is 12.9. The maximum Gasteiger partial charge on any atom is 0.417 e. The summed E-state index contributed by atoms with van der Waals surface area (Å²) in [5.74, 6) is 0.00592. The Morgan fingerprint density at radius 2 is 1.67 bits per heavy atom. The molecule has 0 fully saturated rings. The van der Waals surface area contributed by atoms with Crippen molar-refractivity contribution >= 4 is 34.9 Å². The van der Waals surface area contributed by atoms with E-state index in [0.29, 0.717) is 16.2 Å². The molecule has 0 saturated carbocycles. The van der Waals surface area contributed by atoms with Gasteiger partial charge in [0.05, 0.1) is 16.7 Å². The number of pyridine rings is 1. The Hall–Kier alpha value is -3.99. The lowest BCUT2D eigenvalue weighted by Gasteiger charge is -2.12. The normalized spacial score (nSPS) is 10.9. The highest BCUT2D eigenvalue weighted by atomic mass is 35.5. The van der Waals surface area contributed by atoms with Gasteiger partial charge in [0.1, 0.15) is 11.5 Å². The Morgan fingerprint density at radius 1 is 1.03 bits per heavy atom. The van der Waals surface area contributed by atoms with Crippen LogP contribution in [0.25, 0.3) is 0 Å². The number of ether oxygens (including phenoxy) is 1. The van der Waals surface area contributed by atoms with Gasteiger partial charge >= 0.3 is 18.1 Å². The van der Waals surface area contributed by atoms with Crippen molar-refractivity contribution in [3.63, 3.8) is 0 Å². The van der Waals surface area contributed by atoms with E-state index in [1.807, 2.05) is 0 Å². The van der Waals surface area contributed by atoms with E-state index in [2.05, 4.69) is 16.0 Å². The van der Waals surface area contributed by atoms with E-state index in [9.17, 15) is 28.0 Å². The van der Waals surface area contributed by atoms with Crippen molar-refractivity contribution < 1.29 is 32.2 Å². The van der Waals surface area contributed by atoms with Gasteiger partial charge < -0.3 is 25.9 Å². The minimum atomic E-state index is -4.66. The molecule has 3 N–H and O–H groups in total. The quantitative estimate of drug-likeness (QED) is 0.359. The molecule has 0 bridgehead atoms. The summed E-state index contributed by atoms with van der Waals surface area (Å²) in [6, 6.07) is 10.9. The number of benzene rings is 2. The standard InChI is InChI=1S/C21H16ClF3N4O4/c1-26-19(30)18-11-15(8-9-29(18)32)33-14-5-2-12(3-6-14)27-20(31)28-13-4-7-17(22)16(10-13)21(23,24)25/h2-11H,1H3,(H,26,30)(H2,27,28,31)/i19+2. The minimum Gasteiger partial charge on any atom is -0.618 e. The number of halogens is 4. The first kappa shape index (κ1) is 23.7. The monoisotopic (exact) mass is 482 g/mol. The molecule has 1 heterocycles. The largest absolute Gasteiger partial charge is 0.618 e. The Balaban J connectivity index is 1.64. The molecule has 0 saturated heterocycles. The molecule has 0 radical (unpaired) electrons. The second kappa shape index (κ2) is 9.65. The summed E-state index contributed by atoms with van der Waals surface area (Å²) in [5.41, 5.74) is -0.968. The first-order chi connectivity index (χ1) is 15.6. The number of rotatable bonds is 5. The highest BCUT2D eigenvalue weighted by Crippen LogP contribution is 2.36. The average molecular weight is 483 g/mol. The third kappa shape index (κ3) is 6.04. The van der Waals surface area contributed by atoms with E-state index in [0.717, 1.165) is 18.3 Å². The molecule has 0 atom stereocenters. The molecule has 33 heavy (non-hydrogen) atoms. The second-order valence-corrected chi connectivity index (χ2v) is 6.96. The molecule has 8 nitrogen and oxygen atoms in total. The topological polar surface area (TPSA) is 106 Å². The van der Waals surface area contributed by atoms with Gasteiger partial charge in [-0.15, -0.1) is 0 Å². The van der Waals surface area contributed by atoms with Gasteiger partial charge in [-0.05, 0) is 42.5 Å². The Kier molecular flexibility index (Phi) is 6.92. The van der Waals surface area contributed by atoms with Crippen LogP contribution < -0.4 is 25.4 Å². The molecule has 172 valence electrons. The third-order valence-electron chi connectivity index (χ3n) is 4.23. The van der Waals surface area contributed by atoms with Crippen molar-refractivity contribution in [2.75, 3.05) is 17.7 Å². The number of anilines is 2. The van der Waals surface area contributed by atoms with Gasteiger partial charge in [-0.2, -0.15) is 17.9 Å². The molecular formula is C21H16ClF3N4O4. The third-order valence-corrected chi connectivity index (χ3v) is 4.56. The van der Waals surface area contributed by atoms with Crippen LogP contribution in [-0.2, 0) is 6.18 Å². The fourth-order valence-electron chi connectivity index (χ4n) is 2.68. The zero-order chi connectivity index (χ0) is 24.2. The van der Waals surface area contributed by atoms with Crippen molar-refractivity contribution in [2.45, 2.75) is 6.18 Å². The van der Waals surface area contributed by atoms with Gasteiger partial charge in [-0.1, -0.05) is 11.6 Å². The first-order valence-corrected chi connectivity index (χ1v) is 9.62. The van der Waals surface area contributed by atoms with Gasteiger partial charge in [-0.3, -0.25) is 4.79 Å². The summed E-state index contributed by atoms with van der Waals surface area (Å²) >= 11 is 5.56. The summed E-state index contributed by atoms with van der Waals surface area (Å²) in [7, 11) is 1.39. The van der Waals surface area contributed by atoms with Gasteiger partial charge in [0.2, 0.25) is 0 Å². The van der Waals surface area contributed by atoms with Crippen LogP contribution in [0, 0.1) is 5.21 Å². The number of hydrogen-bond donors (Lipinski definition) is 3. The lowest BCUT2D eigenvalue weighted by molar-refractivity contribution is -0.607. The van der Waals surface area contributed by atoms with Crippen LogP contribution in [0.15, 0.2) is 60.8 Å². The fourth-order valence-corrected chi connectivity index (χ4v) is 2.91. The Bertz CT molecular complexity index is 1190. The zero-order valence-corrected chi connectivity index (χ0v) is 17.6. The Morgan fingerprint density at radius 3 is 2.30 bits per heavy atom. The van der Waals surface area contributed by atoms with Crippen LogP contribution in [0.4, 0.5) is 29.3 Å². The van der Waals surface area contributed by atoms with Crippen molar-refractivity contribution in [3.05, 3.63) is 82.3 Å². The van der Waals surface area contributed by atoms with Crippen LogP contribution in [0.1, 0.15) is 16.1 Å². The van der Waals surface area contributed by atoms with Crippen molar-refractivity contribution in [1.82, 2.24) is 5.32 Å². The highest BCUT2D eigenvalue weighted by Gasteiger charge is 2.33. The number of carbonyl (C=O) groups is 2. The lowest BCUT2D eigenvalue weighted by Crippen LogP contribution is -2.37. The summed E-state index contributed by atoms with van der Waals surface area (Å²) < 4.78 is 44.8. The van der Waals surface area contributed by atoms with Crippen LogP contribution in [0.3, 0.4) is 0 Å². The van der Waals surface area contributed by atoms with Crippen LogP contribution >= 0.6 is 11.6 Å². The molecule has 1 aromatic heterocycles. The van der Waals surface area contributed by atoms with E-state index < -0.39 is 28.7 Å². The first-order valence-electron chi connectivity index (χ1n) is 9.25. The van der Waals surface area contributed by atoms with E-state index in [4.69, 9.17) is 16.3 Å². The molecule has 0 aliphatic rings. The van der Waals surface area contributed by atoms with E-state index in [1.54, 1.807) is 0 Å². The van der Waals surface area contributed by atoms with Crippen molar-refractivity contribution in [3.8, 4) is 11.5 Å². The number of nitrogens with zero attached hydrogens (tertiary/aromatic N) is 1. The molecule has 3 amide bonds. The number of nitrogens with one attached hydrogen (secondary N) is 3. The van der Waals surface area contributed by atoms with Gasteiger partial charge in [-0.25, -0.2) is 4.79 Å². The molecular weight excluding hydrogens is 467 g/mol. The SMILES string of the molecule is CN[14C](=O)c1cc(Oc2ccc(NC(=O)Nc3ccc(Cl)c(C(F)(F)F)c3)cc2)cc[n+]1[O-]. The molecule has 2 aromatic carbocycles. The summed E-state index contributed by atoms with van der Waals surface area (Å²) in [4.78, 5) is 23.8. The lowest BCUT2D eigenvalue weighted by atomic mass is 10.2. The summed E-state index contributed by atoms with van der Waals surface area (Å²) in [6.45, 7) is 0. The molecule has 0 aliphatic heterocycles. The second-order valence-electron chi connectivity index (χ2n) is 6.55. The average Bonchev–Trinajstić information content (AvgIpc) is 2.76. The number of aromatic nitrogens is 1. The Labute approximate surface area is 190 Å². The van der Waals surface area contributed by atoms with Crippen molar-refractivity contribution in [1.29, 1.82) is 0 Å². The highest BCUT2D eigenvalue weighted by molar-refractivity contribution is 6.31. The van der Waals surface area contributed by atoms with Crippen LogP contribution in [0.5, 0.6) is 11.5 Å². The van der Waals surface area contributed by atoms with E-state index in [1.165, 1.54) is 49.5 Å². The number of amides is 3. The predicted octanol–water partition coefficient (Wildman–Crippen LogP) is 4.79. The maximum absolute atomic E-state index is 12.9. The van der Waals surface area contributed by atoms with Gasteiger partial charge in [0.15, 0.2) is 6.20 Å². The predicted molar refractivity (Wildman–Crippen MR) is 114 cm³/mol. The van der Waals surface area contributed by atoms with E-state index >= 15 is 0 Å². The number of urea groups is 1. The van der Waals surface area contributed by atoms with Gasteiger partial charge in [0.25, 0.3) is 5.69 Å². The summed E-state index contributed by atoms with van der Waals surface area (Å²) in [6.07, 6.45) is -3.53. The smallest absolute Gasteiger partial charge is 0.417 e. The molecule has 12 heteroatoms. The van der Waals surface area contributed by atoms with Crippen LogP contribution in [0.2, 0.25) is 5.02 Å². The van der Waals surface area contributed by atoms with E-state index in [-0.39, 0.29) is 17.1 Å². The number of hydrogen-bond acceptors (Lipinski definition) is 4. The molecule has 0 spiro atoms. The zero-order valence-electron chi connectivity index (χ0n) is 16.9. The summed E-state index contributed by atoms with van der Waals surface area (Å²) in [5, 5.41) is 18.3. The van der Waals surface area contributed by atoms with Gasteiger partial charge in [0, 0.05) is 24.5 Å². The number of alkyl halides is 3. The van der Waals surface area contributed by atoms with Crippen LogP contribution in [-0.4, -0.2) is 19.0 Å². The minimum absolute atomic E-state index is 0.0872. The van der Waals surface area contributed by atoms with Crippen molar-refractivity contribution in [2.24, 2.45) is 0 Å². The molecule has 3 rings (SSSR count). The fraction of sp³-hybridized carbons (Fsp3) is 0.0952. The molecule has 0 unspecified atom stereocenters.